The highest BCUT2D eigenvalue weighted by Crippen LogP contribution is 2.39. The summed E-state index contributed by atoms with van der Waals surface area (Å²) in [5.41, 5.74) is -0.0458. The smallest absolute Gasteiger partial charge is 0.0629 e. The molecular formula is C13H20O2S. The molecule has 1 aliphatic heterocycles. The van der Waals surface area contributed by atoms with Gasteiger partial charge in [-0.25, -0.2) is 0 Å². The van der Waals surface area contributed by atoms with Crippen LogP contribution in [-0.2, 0) is 17.6 Å². The van der Waals surface area contributed by atoms with Crippen LogP contribution in [0.4, 0.5) is 0 Å². The molecule has 0 bridgehead atoms. The van der Waals surface area contributed by atoms with E-state index in [0.717, 1.165) is 25.9 Å². The van der Waals surface area contributed by atoms with Gasteiger partial charge in [0.25, 0.3) is 0 Å². The van der Waals surface area contributed by atoms with Crippen molar-refractivity contribution in [3.8, 4) is 0 Å². The average molecular weight is 240 g/mol. The van der Waals surface area contributed by atoms with Crippen molar-refractivity contribution in [2.24, 2.45) is 5.41 Å². The van der Waals surface area contributed by atoms with Gasteiger partial charge >= 0.3 is 0 Å². The molecule has 1 fully saturated rings. The lowest BCUT2D eigenvalue weighted by Crippen LogP contribution is -2.34. The lowest BCUT2D eigenvalue weighted by molar-refractivity contribution is 0.0276. The summed E-state index contributed by atoms with van der Waals surface area (Å²) in [6, 6.07) is 4.40. The SMILES string of the molecule is CCc1ccc(CC2(CO)CCOC2C)s1. The highest BCUT2D eigenvalue weighted by atomic mass is 32.1. The fraction of sp³-hybridized carbons (Fsp3) is 0.692. The molecule has 16 heavy (non-hydrogen) atoms. The second-order valence-corrected chi connectivity index (χ2v) is 5.93. The predicted octanol–water partition coefficient (Wildman–Crippen LogP) is 2.64. The lowest BCUT2D eigenvalue weighted by atomic mass is 9.79. The molecule has 0 aliphatic carbocycles. The van der Waals surface area contributed by atoms with Gasteiger partial charge in [-0.3, -0.25) is 0 Å². The molecule has 1 aromatic rings. The van der Waals surface area contributed by atoms with Crippen molar-refractivity contribution in [2.45, 2.75) is 39.2 Å². The third-order valence-corrected chi connectivity index (χ3v) is 4.97. The number of hydrogen-bond acceptors (Lipinski definition) is 3. The van der Waals surface area contributed by atoms with Gasteiger partial charge in [0, 0.05) is 21.8 Å². The van der Waals surface area contributed by atoms with E-state index in [-0.39, 0.29) is 18.1 Å². The van der Waals surface area contributed by atoms with Gasteiger partial charge in [-0.1, -0.05) is 6.92 Å². The van der Waals surface area contributed by atoms with Crippen molar-refractivity contribution in [3.05, 3.63) is 21.9 Å². The Kier molecular flexibility index (Phi) is 3.67. The van der Waals surface area contributed by atoms with Gasteiger partial charge in [0.15, 0.2) is 0 Å². The van der Waals surface area contributed by atoms with E-state index in [4.69, 9.17) is 4.74 Å². The maximum Gasteiger partial charge on any atom is 0.0629 e. The molecule has 2 heterocycles. The molecule has 2 rings (SSSR count). The van der Waals surface area contributed by atoms with Gasteiger partial charge in [0.05, 0.1) is 12.7 Å². The van der Waals surface area contributed by atoms with Crippen molar-refractivity contribution < 1.29 is 9.84 Å². The first-order valence-corrected chi connectivity index (χ1v) is 6.82. The summed E-state index contributed by atoms with van der Waals surface area (Å²) >= 11 is 1.87. The zero-order chi connectivity index (χ0) is 11.6. The number of aryl methyl sites for hydroxylation is 1. The van der Waals surface area contributed by atoms with Crippen molar-refractivity contribution in [2.75, 3.05) is 13.2 Å². The summed E-state index contributed by atoms with van der Waals surface area (Å²) < 4.78 is 5.61. The minimum absolute atomic E-state index is 0.0458. The van der Waals surface area contributed by atoms with Crippen LogP contribution in [0.15, 0.2) is 12.1 Å². The van der Waals surface area contributed by atoms with Crippen LogP contribution in [0.25, 0.3) is 0 Å². The molecule has 2 atom stereocenters. The fourth-order valence-corrected chi connectivity index (χ4v) is 3.48. The second kappa shape index (κ2) is 4.86. The molecule has 0 spiro atoms. The molecule has 0 radical (unpaired) electrons. The summed E-state index contributed by atoms with van der Waals surface area (Å²) in [4.78, 5) is 2.80. The number of rotatable bonds is 4. The van der Waals surface area contributed by atoms with Crippen molar-refractivity contribution in [1.29, 1.82) is 0 Å². The third-order valence-electron chi connectivity index (χ3n) is 3.74. The minimum Gasteiger partial charge on any atom is -0.396 e. The summed E-state index contributed by atoms with van der Waals surface area (Å²) in [5, 5.41) is 9.64. The number of ether oxygens (including phenoxy) is 1. The molecule has 3 heteroatoms. The Morgan fingerprint density at radius 1 is 1.50 bits per heavy atom. The van der Waals surface area contributed by atoms with Gasteiger partial charge in [0.1, 0.15) is 0 Å². The highest BCUT2D eigenvalue weighted by Gasteiger charge is 2.41. The molecule has 2 nitrogen and oxygen atoms in total. The Bertz CT molecular complexity index is 347. The van der Waals surface area contributed by atoms with E-state index in [1.165, 1.54) is 9.75 Å². The first-order valence-electron chi connectivity index (χ1n) is 6.00. The van der Waals surface area contributed by atoms with E-state index < -0.39 is 0 Å². The van der Waals surface area contributed by atoms with Crippen LogP contribution in [0.1, 0.15) is 30.0 Å². The van der Waals surface area contributed by atoms with Crippen LogP contribution in [-0.4, -0.2) is 24.4 Å². The molecule has 1 aliphatic rings. The third kappa shape index (κ3) is 2.17. The maximum atomic E-state index is 9.64. The number of thiophene rings is 1. The Balaban J connectivity index is 2.12. The second-order valence-electron chi connectivity index (χ2n) is 4.68. The number of hydrogen-bond donors (Lipinski definition) is 1. The van der Waals surface area contributed by atoms with Crippen LogP contribution in [0.2, 0.25) is 0 Å². The first kappa shape index (κ1) is 12.1. The topological polar surface area (TPSA) is 29.5 Å². The molecule has 0 saturated carbocycles. The van der Waals surface area contributed by atoms with Crippen LogP contribution < -0.4 is 0 Å². The Hall–Kier alpha value is -0.380. The van der Waals surface area contributed by atoms with E-state index in [1.807, 2.05) is 11.3 Å². The number of aliphatic hydroxyl groups is 1. The van der Waals surface area contributed by atoms with Gasteiger partial charge in [-0.05, 0) is 38.3 Å². The van der Waals surface area contributed by atoms with E-state index in [9.17, 15) is 5.11 Å². The summed E-state index contributed by atoms with van der Waals surface area (Å²) in [6.07, 6.45) is 3.20. The Labute approximate surface area is 101 Å². The molecule has 1 aromatic heterocycles. The van der Waals surface area contributed by atoms with E-state index in [2.05, 4.69) is 26.0 Å². The van der Waals surface area contributed by atoms with Gasteiger partial charge < -0.3 is 9.84 Å². The first-order chi connectivity index (χ1) is 7.70. The number of aliphatic hydroxyl groups excluding tert-OH is 1. The summed E-state index contributed by atoms with van der Waals surface area (Å²) in [6.45, 7) is 5.28. The van der Waals surface area contributed by atoms with Crippen molar-refractivity contribution in [1.82, 2.24) is 0 Å². The van der Waals surface area contributed by atoms with Crippen LogP contribution >= 0.6 is 11.3 Å². The van der Waals surface area contributed by atoms with Crippen LogP contribution in [0.5, 0.6) is 0 Å². The lowest BCUT2D eigenvalue weighted by Gasteiger charge is -2.29. The quantitative estimate of drug-likeness (QED) is 0.876. The molecular weight excluding hydrogens is 220 g/mol. The average Bonchev–Trinajstić information content (AvgIpc) is 2.88. The molecule has 0 aromatic carbocycles. The van der Waals surface area contributed by atoms with Gasteiger partial charge in [-0.2, -0.15) is 0 Å². The van der Waals surface area contributed by atoms with E-state index >= 15 is 0 Å². The Morgan fingerprint density at radius 2 is 2.25 bits per heavy atom. The zero-order valence-electron chi connectivity index (χ0n) is 10.0. The van der Waals surface area contributed by atoms with E-state index in [1.54, 1.807) is 0 Å². The van der Waals surface area contributed by atoms with Crippen LogP contribution in [0.3, 0.4) is 0 Å². The minimum atomic E-state index is -0.0458. The van der Waals surface area contributed by atoms with E-state index in [0.29, 0.717) is 0 Å². The largest absolute Gasteiger partial charge is 0.396 e. The summed E-state index contributed by atoms with van der Waals surface area (Å²) in [7, 11) is 0. The molecule has 90 valence electrons. The summed E-state index contributed by atoms with van der Waals surface area (Å²) in [5.74, 6) is 0. The monoisotopic (exact) mass is 240 g/mol. The van der Waals surface area contributed by atoms with Gasteiger partial charge in [0.2, 0.25) is 0 Å². The Morgan fingerprint density at radius 3 is 2.75 bits per heavy atom. The molecule has 2 unspecified atom stereocenters. The molecule has 1 saturated heterocycles. The van der Waals surface area contributed by atoms with Crippen LogP contribution in [0, 0.1) is 5.41 Å². The highest BCUT2D eigenvalue weighted by molar-refractivity contribution is 7.11. The van der Waals surface area contributed by atoms with Gasteiger partial charge in [-0.15, -0.1) is 11.3 Å². The maximum absolute atomic E-state index is 9.64. The molecule has 1 N–H and O–H groups in total. The zero-order valence-corrected chi connectivity index (χ0v) is 10.8. The predicted molar refractivity (Wildman–Crippen MR) is 67.0 cm³/mol. The normalized spacial score (nSPS) is 29.8. The standard InChI is InChI=1S/C13H20O2S/c1-3-11-4-5-12(16-11)8-13(9-14)6-7-15-10(13)2/h4-5,10,14H,3,6-9H2,1-2H3. The van der Waals surface area contributed by atoms with Crippen molar-refractivity contribution in [3.63, 3.8) is 0 Å². The fourth-order valence-electron chi connectivity index (χ4n) is 2.37. The molecule has 0 amide bonds. The van der Waals surface area contributed by atoms with Crippen molar-refractivity contribution >= 4 is 11.3 Å².